The van der Waals surface area contributed by atoms with Crippen LogP contribution >= 0.6 is 0 Å². The molecule has 2 amide bonds. The number of hydrogen-bond donors (Lipinski definition) is 2. The second-order valence-electron chi connectivity index (χ2n) is 10.6. The summed E-state index contributed by atoms with van der Waals surface area (Å²) < 4.78 is 16.0. The van der Waals surface area contributed by atoms with Gasteiger partial charge in [0.05, 0.1) is 11.7 Å². The first-order chi connectivity index (χ1) is 15.8. The summed E-state index contributed by atoms with van der Waals surface area (Å²) >= 11 is 0. The lowest BCUT2D eigenvalue weighted by Crippen LogP contribution is -2.48. The topological polar surface area (TPSA) is 90.2 Å². The van der Waals surface area contributed by atoms with Crippen molar-refractivity contribution < 1.29 is 9.18 Å². The van der Waals surface area contributed by atoms with E-state index in [9.17, 15) is 9.18 Å². The lowest BCUT2D eigenvalue weighted by atomic mass is 9.84. The van der Waals surface area contributed by atoms with Crippen LogP contribution in [0.5, 0.6) is 0 Å². The smallest absolute Gasteiger partial charge is 0.315 e. The number of primary amides is 1. The number of halogens is 1. The number of nitrogens with two attached hydrogens (primary N) is 2. The first-order valence-corrected chi connectivity index (χ1v) is 11.6. The van der Waals surface area contributed by atoms with Gasteiger partial charge in [-0.2, -0.15) is 0 Å². The maximum atomic E-state index is 14.0. The first kappa shape index (κ1) is 25.4. The quantitative estimate of drug-likeness (QED) is 0.471. The van der Waals surface area contributed by atoms with Crippen molar-refractivity contribution in [2.75, 3.05) is 6.54 Å². The molecule has 3 aromatic rings. The summed E-state index contributed by atoms with van der Waals surface area (Å²) in [5, 5.41) is 0. The van der Waals surface area contributed by atoms with Crippen molar-refractivity contribution in [2.45, 2.75) is 59.2 Å². The van der Waals surface area contributed by atoms with Crippen LogP contribution in [0.25, 0.3) is 11.3 Å². The minimum atomic E-state index is -0.522. The Morgan fingerprint density at radius 2 is 1.76 bits per heavy atom. The molecule has 0 spiro atoms. The van der Waals surface area contributed by atoms with Crippen LogP contribution < -0.4 is 11.5 Å². The van der Waals surface area contributed by atoms with Gasteiger partial charge in [0.25, 0.3) is 0 Å². The van der Waals surface area contributed by atoms with Crippen LogP contribution in [-0.2, 0) is 6.54 Å². The van der Waals surface area contributed by atoms with Crippen molar-refractivity contribution in [1.29, 1.82) is 0 Å². The van der Waals surface area contributed by atoms with Crippen LogP contribution in [0.1, 0.15) is 58.5 Å². The van der Waals surface area contributed by atoms with Gasteiger partial charge in [-0.1, -0.05) is 63.2 Å². The lowest BCUT2D eigenvalue weighted by Gasteiger charge is -2.40. The van der Waals surface area contributed by atoms with Gasteiger partial charge >= 0.3 is 6.03 Å². The molecule has 6 nitrogen and oxygen atoms in total. The average molecular weight is 466 g/mol. The lowest BCUT2D eigenvalue weighted by molar-refractivity contribution is 0.109. The van der Waals surface area contributed by atoms with Crippen LogP contribution in [0.3, 0.4) is 0 Å². The van der Waals surface area contributed by atoms with Gasteiger partial charge in [-0.25, -0.2) is 14.2 Å². The second kappa shape index (κ2) is 9.97. The molecule has 0 aliphatic heterocycles. The highest BCUT2D eigenvalue weighted by Crippen LogP contribution is 2.39. The van der Waals surface area contributed by atoms with E-state index < -0.39 is 17.6 Å². The van der Waals surface area contributed by atoms with Crippen LogP contribution in [0.15, 0.2) is 60.8 Å². The molecule has 0 radical (unpaired) electrons. The Morgan fingerprint density at radius 1 is 1.09 bits per heavy atom. The summed E-state index contributed by atoms with van der Waals surface area (Å²) in [4.78, 5) is 19.3. The Balaban J connectivity index is 2.15. The van der Waals surface area contributed by atoms with E-state index in [0.29, 0.717) is 36.6 Å². The van der Waals surface area contributed by atoms with Crippen molar-refractivity contribution in [3.05, 3.63) is 78.0 Å². The van der Waals surface area contributed by atoms with E-state index in [1.807, 2.05) is 61.0 Å². The Kier molecular flexibility index (Phi) is 7.46. The molecule has 0 saturated heterocycles. The number of carbonyl (C=O) groups excluding carboxylic acids is 1. The van der Waals surface area contributed by atoms with Crippen molar-refractivity contribution in [3.63, 3.8) is 0 Å². The Hall–Kier alpha value is -3.19. The normalized spacial score (nSPS) is 13.0. The third-order valence-electron chi connectivity index (χ3n) is 5.78. The third kappa shape index (κ3) is 6.44. The molecule has 0 fully saturated rings. The molecule has 0 unspecified atom stereocenters. The number of nitrogens with zero attached hydrogens (tertiary/aromatic N) is 3. The summed E-state index contributed by atoms with van der Waals surface area (Å²) in [6, 6.07) is 15.5. The zero-order valence-corrected chi connectivity index (χ0v) is 20.8. The number of aromatic nitrogens is 2. The number of hydrogen-bond acceptors (Lipinski definition) is 3. The van der Waals surface area contributed by atoms with Gasteiger partial charge in [0.2, 0.25) is 0 Å². The van der Waals surface area contributed by atoms with E-state index in [-0.39, 0.29) is 11.2 Å². The van der Waals surface area contributed by atoms with Crippen molar-refractivity contribution in [2.24, 2.45) is 16.9 Å². The standard InChI is InChI=1S/C27H36FN5O/c1-26(2,3)23(33(25(29)34)15-14-27(4,5)30)24-31-22(20-12-9-13-21(28)16-20)18-32(24)17-19-10-7-6-8-11-19/h6-13,16,18,23H,14-15,17,30H2,1-5H3,(H2,29,34)/t23-/m0/s1. The minimum absolute atomic E-state index is 0.326. The fourth-order valence-electron chi connectivity index (χ4n) is 4.11. The van der Waals surface area contributed by atoms with E-state index in [1.54, 1.807) is 11.0 Å². The monoisotopic (exact) mass is 465 g/mol. The maximum Gasteiger partial charge on any atom is 0.315 e. The molecule has 1 atom stereocenters. The second-order valence-corrected chi connectivity index (χ2v) is 10.6. The molecule has 2 aromatic carbocycles. The number of urea groups is 1. The SMILES string of the molecule is CC(C)(N)CCN(C(N)=O)[C@@H](c1nc(-c2cccc(F)c2)cn1Cc1ccccc1)C(C)(C)C. The molecule has 7 heteroatoms. The molecular weight excluding hydrogens is 429 g/mol. The third-order valence-corrected chi connectivity index (χ3v) is 5.78. The number of imidazole rings is 1. The molecule has 0 aliphatic carbocycles. The largest absolute Gasteiger partial charge is 0.351 e. The van der Waals surface area contributed by atoms with E-state index >= 15 is 0 Å². The average Bonchev–Trinajstić information content (AvgIpc) is 3.13. The summed E-state index contributed by atoms with van der Waals surface area (Å²) in [5.74, 6) is 0.372. The van der Waals surface area contributed by atoms with Gasteiger partial charge in [0.1, 0.15) is 11.6 Å². The molecule has 1 heterocycles. The van der Waals surface area contributed by atoms with Crippen molar-refractivity contribution >= 4 is 6.03 Å². The van der Waals surface area contributed by atoms with Gasteiger partial charge in [0, 0.05) is 30.4 Å². The van der Waals surface area contributed by atoms with Gasteiger partial charge in [0.15, 0.2) is 0 Å². The molecule has 0 bridgehead atoms. The minimum Gasteiger partial charge on any atom is -0.351 e. The zero-order valence-electron chi connectivity index (χ0n) is 20.8. The summed E-state index contributed by atoms with van der Waals surface area (Å²) in [6.07, 6.45) is 2.50. The molecule has 34 heavy (non-hydrogen) atoms. The highest BCUT2D eigenvalue weighted by molar-refractivity contribution is 5.72. The fourth-order valence-corrected chi connectivity index (χ4v) is 4.11. The molecule has 4 N–H and O–H groups in total. The van der Waals surface area contributed by atoms with Crippen molar-refractivity contribution in [3.8, 4) is 11.3 Å². The highest BCUT2D eigenvalue weighted by atomic mass is 19.1. The molecular formula is C27H36FN5O. The summed E-state index contributed by atoms with van der Waals surface area (Å²) in [5.41, 5.74) is 13.7. The molecule has 1 aromatic heterocycles. The van der Waals surface area contributed by atoms with Crippen LogP contribution in [0.2, 0.25) is 0 Å². The summed E-state index contributed by atoms with van der Waals surface area (Å²) in [7, 11) is 0. The number of benzene rings is 2. The molecule has 3 rings (SSSR count). The highest BCUT2D eigenvalue weighted by Gasteiger charge is 2.38. The van der Waals surface area contributed by atoms with Crippen LogP contribution in [0, 0.1) is 11.2 Å². The number of carbonyl (C=O) groups is 1. The number of amides is 2. The molecule has 0 aliphatic rings. The molecule has 0 saturated carbocycles. The number of rotatable bonds is 8. The van der Waals surface area contributed by atoms with E-state index in [0.717, 1.165) is 5.56 Å². The van der Waals surface area contributed by atoms with E-state index in [1.165, 1.54) is 12.1 Å². The Labute approximate surface area is 201 Å². The van der Waals surface area contributed by atoms with E-state index in [2.05, 4.69) is 20.8 Å². The predicted molar refractivity (Wildman–Crippen MR) is 135 cm³/mol. The fraction of sp³-hybridized carbons (Fsp3) is 0.407. The zero-order chi connectivity index (χ0) is 25.1. The van der Waals surface area contributed by atoms with Crippen molar-refractivity contribution in [1.82, 2.24) is 14.5 Å². The first-order valence-electron chi connectivity index (χ1n) is 11.6. The van der Waals surface area contributed by atoms with Gasteiger partial charge in [-0.3, -0.25) is 0 Å². The van der Waals surface area contributed by atoms with Crippen LogP contribution in [-0.4, -0.2) is 32.6 Å². The predicted octanol–water partition coefficient (Wildman–Crippen LogP) is 5.33. The van der Waals surface area contributed by atoms with Gasteiger partial charge in [-0.15, -0.1) is 0 Å². The molecule has 182 valence electrons. The van der Waals surface area contributed by atoms with Gasteiger partial charge in [-0.05, 0) is 43.4 Å². The maximum absolute atomic E-state index is 14.0. The Morgan fingerprint density at radius 3 is 2.32 bits per heavy atom. The summed E-state index contributed by atoms with van der Waals surface area (Å²) in [6.45, 7) is 11.0. The Bertz CT molecular complexity index is 1110. The van der Waals surface area contributed by atoms with Gasteiger partial charge < -0.3 is 20.9 Å². The van der Waals surface area contributed by atoms with E-state index in [4.69, 9.17) is 16.5 Å². The van der Waals surface area contributed by atoms with Crippen LogP contribution in [0.4, 0.5) is 9.18 Å².